The lowest BCUT2D eigenvalue weighted by molar-refractivity contribution is -0.122. The predicted octanol–water partition coefficient (Wildman–Crippen LogP) is 2.27. The minimum absolute atomic E-state index is 0.0990. The molecule has 0 radical (unpaired) electrons. The highest BCUT2D eigenvalue weighted by molar-refractivity contribution is 9.10. The van der Waals surface area contributed by atoms with E-state index in [0.29, 0.717) is 12.6 Å². The number of rotatable bonds is 4. The maximum Gasteiger partial charge on any atom is 0.242 e. The lowest BCUT2D eigenvalue weighted by Gasteiger charge is -2.36. The van der Waals surface area contributed by atoms with Gasteiger partial charge in [0.1, 0.15) is 6.04 Å². The van der Waals surface area contributed by atoms with Crippen LogP contribution in [0.3, 0.4) is 0 Å². The van der Waals surface area contributed by atoms with Crippen molar-refractivity contribution in [3.63, 3.8) is 0 Å². The number of piperazine rings is 1. The molecule has 1 aromatic carbocycles. The Morgan fingerprint density at radius 2 is 2.25 bits per heavy atom. The Balaban J connectivity index is 2.27. The second-order valence-corrected chi connectivity index (χ2v) is 6.38. The van der Waals surface area contributed by atoms with Gasteiger partial charge in [-0.05, 0) is 30.7 Å². The summed E-state index contributed by atoms with van der Waals surface area (Å²) in [5, 5.41) is 6.35. The van der Waals surface area contributed by atoms with Crippen molar-refractivity contribution < 1.29 is 4.79 Å². The molecule has 0 aliphatic carbocycles. The summed E-state index contributed by atoms with van der Waals surface area (Å²) in [5.41, 5.74) is 2.36. The molecule has 0 aromatic heterocycles. The van der Waals surface area contributed by atoms with Crippen molar-refractivity contribution in [1.82, 2.24) is 10.6 Å². The van der Waals surface area contributed by atoms with Crippen LogP contribution in [0, 0.1) is 0 Å². The topological polar surface area (TPSA) is 44.4 Å². The van der Waals surface area contributed by atoms with Crippen molar-refractivity contribution in [3.05, 3.63) is 28.2 Å². The number of hydrogen-bond acceptors (Lipinski definition) is 3. The van der Waals surface area contributed by atoms with Gasteiger partial charge in [-0.15, -0.1) is 0 Å². The van der Waals surface area contributed by atoms with Gasteiger partial charge in [-0.25, -0.2) is 0 Å². The summed E-state index contributed by atoms with van der Waals surface area (Å²) >= 11 is 3.53. The number of carbonyl (C=O) groups excluding carboxylic acids is 1. The zero-order valence-electron chi connectivity index (χ0n) is 12.2. The smallest absolute Gasteiger partial charge is 0.242 e. The number of benzene rings is 1. The average Bonchev–Trinajstić information content (AvgIpc) is 2.40. The van der Waals surface area contributed by atoms with E-state index in [0.717, 1.165) is 23.2 Å². The van der Waals surface area contributed by atoms with E-state index in [1.165, 1.54) is 5.56 Å². The minimum atomic E-state index is -0.122. The summed E-state index contributed by atoms with van der Waals surface area (Å²) in [4.78, 5) is 14.0. The van der Waals surface area contributed by atoms with Gasteiger partial charge < -0.3 is 15.5 Å². The van der Waals surface area contributed by atoms with Crippen LogP contribution < -0.4 is 15.5 Å². The molecular weight excluding hydrogens is 318 g/mol. The maximum absolute atomic E-state index is 11.8. The molecule has 1 atom stereocenters. The molecular formula is C15H22BrN3O. The van der Waals surface area contributed by atoms with Gasteiger partial charge in [0, 0.05) is 35.8 Å². The Kier molecular flexibility index (Phi) is 5.05. The molecule has 2 N–H and O–H groups in total. The molecule has 1 saturated heterocycles. The molecule has 1 fully saturated rings. The normalized spacial score (nSPS) is 19.4. The maximum atomic E-state index is 11.8. The zero-order chi connectivity index (χ0) is 14.7. The summed E-state index contributed by atoms with van der Waals surface area (Å²) in [6.45, 7) is 8.58. The molecule has 1 aliphatic heterocycles. The molecule has 110 valence electrons. The van der Waals surface area contributed by atoms with Gasteiger partial charge in [0.2, 0.25) is 5.91 Å². The number of amides is 1. The van der Waals surface area contributed by atoms with Crippen LogP contribution in [0.25, 0.3) is 0 Å². The van der Waals surface area contributed by atoms with Gasteiger partial charge in [-0.2, -0.15) is 0 Å². The second-order valence-electron chi connectivity index (χ2n) is 5.47. The quantitative estimate of drug-likeness (QED) is 0.884. The Morgan fingerprint density at radius 1 is 1.50 bits per heavy atom. The van der Waals surface area contributed by atoms with Crippen LogP contribution in [0.5, 0.6) is 0 Å². The van der Waals surface area contributed by atoms with Crippen LogP contribution in [-0.4, -0.2) is 31.1 Å². The van der Waals surface area contributed by atoms with E-state index in [9.17, 15) is 4.79 Å². The number of nitrogens with one attached hydrogen (secondary N) is 2. The molecule has 0 spiro atoms. The first-order valence-corrected chi connectivity index (χ1v) is 7.84. The molecule has 2 rings (SSSR count). The number of nitrogens with zero attached hydrogens (tertiary/aromatic N) is 1. The summed E-state index contributed by atoms with van der Waals surface area (Å²) < 4.78 is 1.07. The number of halogens is 1. The van der Waals surface area contributed by atoms with Crippen LogP contribution in [0.4, 0.5) is 5.69 Å². The van der Waals surface area contributed by atoms with Gasteiger partial charge in [0.05, 0.1) is 0 Å². The molecule has 1 amide bonds. The Bertz CT molecular complexity index is 490. The first-order chi connectivity index (χ1) is 9.49. The SMILES string of the molecule is CC(C)NCc1cc(Br)ccc1N1CCNC(=O)C1C. The summed E-state index contributed by atoms with van der Waals surface area (Å²) in [6, 6.07) is 6.57. The van der Waals surface area contributed by atoms with Crippen LogP contribution in [-0.2, 0) is 11.3 Å². The Labute approximate surface area is 129 Å². The molecule has 20 heavy (non-hydrogen) atoms. The number of carbonyl (C=O) groups is 1. The number of hydrogen-bond donors (Lipinski definition) is 2. The van der Waals surface area contributed by atoms with Gasteiger partial charge >= 0.3 is 0 Å². The zero-order valence-corrected chi connectivity index (χ0v) is 13.8. The third-order valence-electron chi connectivity index (χ3n) is 3.55. The fraction of sp³-hybridized carbons (Fsp3) is 0.533. The van der Waals surface area contributed by atoms with Gasteiger partial charge in [0.25, 0.3) is 0 Å². The second kappa shape index (κ2) is 6.59. The molecule has 0 bridgehead atoms. The minimum Gasteiger partial charge on any atom is -0.358 e. The fourth-order valence-electron chi connectivity index (χ4n) is 2.40. The third-order valence-corrected chi connectivity index (χ3v) is 4.04. The highest BCUT2D eigenvalue weighted by atomic mass is 79.9. The van der Waals surface area contributed by atoms with E-state index in [1.54, 1.807) is 0 Å². The first kappa shape index (κ1) is 15.3. The molecule has 1 aromatic rings. The Hall–Kier alpha value is -1.07. The van der Waals surface area contributed by atoms with Gasteiger partial charge in [0.15, 0.2) is 0 Å². The predicted molar refractivity (Wildman–Crippen MR) is 85.9 cm³/mol. The van der Waals surface area contributed by atoms with Gasteiger partial charge in [-0.3, -0.25) is 4.79 Å². The van der Waals surface area contributed by atoms with E-state index in [-0.39, 0.29) is 11.9 Å². The van der Waals surface area contributed by atoms with Crippen molar-refractivity contribution in [2.24, 2.45) is 0 Å². The Morgan fingerprint density at radius 3 is 2.95 bits per heavy atom. The van der Waals surface area contributed by atoms with E-state index in [4.69, 9.17) is 0 Å². The summed E-state index contributed by atoms with van der Waals surface area (Å²) in [6.07, 6.45) is 0. The van der Waals surface area contributed by atoms with E-state index in [1.807, 2.05) is 13.0 Å². The molecule has 0 saturated carbocycles. The fourth-order valence-corrected chi connectivity index (χ4v) is 2.81. The highest BCUT2D eigenvalue weighted by Crippen LogP contribution is 2.27. The molecule has 5 heteroatoms. The lowest BCUT2D eigenvalue weighted by Crippen LogP contribution is -2.54. The standard InChI is InChI=1S/C15H22BrN3O/c1-10(2)18-9-12-8-13(16)4-5-14(12)19-7-6-17-15(20)11(19)3/h4-5,8,10-11,18H,6-7,9H2,1-3H3,(H,17,20). The van der Waals surface area contributed by atoms with E-state index in [2.05, 4.69) is 57.4 Å². The highest BCUT2D eigenvalue weighted by Gasteiger charge is 2.26. The van der Waals surface area contributed by atoms with Crippen LogP contribution in [0.2, 0.25) is 0 Å². The van der Waals surface area contributed by atoms with Crippen LogP contribution >= 0.6 is 15.9 Å². The van der Waals surface area contributed by atoms with Gasteiger partial charge in [-0.1, -0.05) is 29.8 Å². The van der Waals surface area contributed by atoms with Crippen molar-refractivity contribution in [1.29, 1.82) is 0 Å². The van der Waals surface area contributed by atoms with E-state index < -0.39 is 0 Å². The third kappa shape index (κ3) is 3.52. The number of anilines is 1. The molecule has 1 unspecified atom stereocenters. The largest absolute Gasteiger partial charge is 0.358 e. The first-order valence-electron chi connectivity index (χ1n) is 7.05. The lowest BCUT2D eigenvalue weighted by atomic mass is 10.1. The van der Waals surface area contributed by atoms with Crippen molar-refractivity contribution in [2.75, 3.05) is 18.0 Å². The van der Waals surface area contributed by atoms with Crippen molar-refractivity contribution >= 4 is 27.5 Å². The van der Waals surface area contributed by atoms with Crippen LogP contribution in [0.15, 0.2) is 22.7 Å². The summed E-state index contributed by atoms with van der Waals surface area (Å²) in [5.74, 6) is 0.0990. The summed E-state index contributed by atoms with van der Waals surface area (Å²) in [7, 11) is 0. The van der Waals surface area contributed by atoms with Crippen molar-refractivity contribution in [3.8, 4) is 0 Å². The molecule has 4 nitrogen and oxygen atoms in total. The monoisotopic (exact) mass is 339 g/mol. The van der Waals surface area contributed by atoms with Crippen LogP contribution in [0.1, 0.15) is 26.3 Å². The van der Waals surface area contributed by atoms with Crippen molar-refractivity contribution in [2.45, 2.75) is 39.4 Å². The molecule has 1 heterocycles. The van der Waals surface area contributed by atoms with E-state index >= 15 is 0 Å². The average molecular weight is 340 g/mol. The molecule has 1 aliphatic rings.